The molecule has 1 aromatic heterocycles. The fourth-order valence-electron chi connectivity index (χ4n) is 2.22. The molecule has 1 aromatic rings. The summed E-state index contributed by atoms with van der Waals surface area (Å²) in [7, 11) is 0. The van der Waals surface area contributed by atoms with Gasteiger partial charge in [-0.1, -0.05) is 27.7 Å². The Morgan fingerprint density at radius 3 is 2.17 bits per heavy atom. The summed E-state index contributed by atoms with van der Waals surface area (Å²) in [4.78, 5) is 20.1. The van der Waals surface area contributed by atoms with Crippen molar-refractivity contribution in [3.8, 4) is 0 Å². The molecule has 1 saturated carbocycles. The molecule has 1 atom stereocenters. The number of aromatic nitrogens is 2. The second-order valence-corrected chi connectivity index (χ2v) is 6.54. The molecule has 98 valence electrons. The van der Waals surface area contributed by atoms with E-state index in [1.807, 2.05) is 20.8 Å². The van der Waals surface area contributed by atoms with E-state index in [-0.39, 0.29) is 10.8 Å². The van der Waals surface area contributed by atoms with Crippen LogP contribution in [-0.2, 0) is 10.2 Å². The third kappa shape index (κ3) is 2.37. The van der Waals surface area contributed by atoms with Crippen molar-refractivity contribution in [3.63, 3.8) is 0 Å². The molecular formula is C14H20N2O2. The van der Waals surface area contributed by atoms with Crippen LogP contribution < -0.4 is 0 Å². The first kappa shape index (κ1) is 13.0. The number of carboxylic acids is 1. The number of hydrogen-bond acceptors (Lipinski definition) is 3. The van der Waals surface area contributed by atoms with Crippen molar-refractivity contribution in [3.05, 3.63) is 23.8 Å². The van der Waals surface area contributed by atoms with Crippen molar-refractivity contribution >= 4 is 5.97 Å². The fourth-order valence-corrected chi connectivity index (χ4v) is 2.22. The van der Waals surface area contributed by atoms with Crippen LogP contribution in [0.5, 0.6) is 0 Å². The monoisotopic (exact) mass is 248 g/mol. The van der Waals surface area contributed by atoms with E-state index in [9.17, 15) is 9.90 Å². The molecule has 0 aromatic carbocycles. The molecular weight excluding hydrogens is 228 g/mol. The Balaban J connectivity index is 2.30. The molecule has 4 nitrogen and oxygen atoms in total. The molecule has 1 aliphatic carbocycles. The summed E-state index contributed by atoms with van der Waals surface area (Å²) in [5, 5.41) is 9.35. The minimum atomic E-state index is -0.823. The highest BCUT2D eigenvalue weighted by Gasteiger charge is 2.42. The molecule has 0 unspecified atom stereocenters. The van der Waals surface area contributed by atoms with Gasteiger partial charge in [-0.15, -0.1) is 0 Å². The molecule has 0 bridgehead atoms. The summed E-state index contributed by atoms with van der Waals surface area (Å²) < 4.78 is 0. The van der Waals surface area contributed by atoms with Gasteiger partial charge in [-0.2, -0.15) is 0 Å². The van der Waals surface area contributed by atoms with Gasteiger partial charge in [-0.3, -0.25) is 4.79 Å². The summed E-state index contributed by atoms with van der Waals surface area (Å²) in [6.45, 7) is 7.89. The standard InChI is InChI=1S/C14H20N2O2/c1-13(2,3)10(11(17)18)9-7-15-12(16-8-9)14(4)5-6-14/h7-8,10H,5-6H2,1-4H3,(H,17,18)/t10-/m0/s1. The van der Waals surface area contributed by atoms with Gasteiger partial charge in [-0.25, -0.2) is 9.97 Å². The second kappa shape index (κ2) is 4.04. The molecule has 18 heavy (non-hydrogen) atoms. The Morgan fingerprint density at radius 1 is 1.33 bits per heavy atom. The lowest BCUT2D eigenvalue weighted by Crippen LogP contribution is -2.26. The predicted molar refractivity (Wildman–Crippen MR) is 68.4 cm³/mol. The number of rotatable bonds is 3. The molecule has 0 amide bonds. The molecule has 0 spiro atoms. The lowest BCUT2D eigenvalue weighted by molar-refractivity contribution is -0.141. The van der Waals surface area contributed by atoms with E-state index in [0.29, 0.717) is 5.56 Å². The van der Waals surface area contributed by atoms with Gasteiger partial charge < -0.3 is 5.11 Å². The number of nitrogens with zero attached hydrogens (tertiary/aromatic N) is 2. The second-order valence-electron chi connectivity index (χ2n) is 6.54. The number of carbonyl (C=O) groups is 1. The lowest BCUT2D eigenvalue weighted by Gasteiger charge is -2.27. The normalized spacial score (nSPS) is 19.3. The Hall–Kier alpha value is -1.45. The fraction of sp³-hybridized carbons (Fsp3) is 0.643. The molecule has 4 heteroatoms. The number of aliphatic carboxylic acids is 1. The van der Waals surface area contributed by atoms with Crippen LogP contribution in [0.1, 0.15) is 57.8 Å². The van der Waals surface area contributed by atoms with Gasteiger partial charge in [0.15, 0.2) is 0 Å². The zero-order valence-electron chi connectivity index (χ0n) is 11.4. The number of carboxylic acid groups (broad SMARTS) is 1. The van der Waals surface area contributed by atoms with Gasteiger partial charge in [0, 0.05) is 23.4 Å². The summed E-state index contributed by atoms with van der Waals surface area (Å²) in [6, 6.07) is 0. The molecule has 0 aliphatic heterocycles. The summed E-state index contributed by atoms with van der Waals surface area (Å²) >= 11 is 0. The van der Waals surface area contributed by atoms with E-state index >= 15 is 0 Å². The van der Waals surface area contributed by atoms with E-state index in [2.05, 4.69) is 16.9 Å². The zero-order chi connectivity index (χ0) is 13.6. The van der Waals surface area contributed by atoms with Crippen LogP contribution in [0.25, 0.3) is 0 Å². The Bertz CT molecular complexity index is 456. The Labute approximate surface area is 107 Å². The third-order valence-electron chi connectivity index (χ3n) is 3.66. The maximum Gasteiger partial charge on any atom is 0.311 e. The minimum Gasteiger partial charge on any atom is -0.481 e. The quantitative estimate of drug-likeness (QED) is 0.893. The third-order valence-corrected chi connectivity index (χ3v) is 3.66. The van der Waals surface area contributed by atoms with E-state index in [1.165, 1.54) is 0 Å². The van der Waals surface area contributed by atoms with Crippen molar-refractivity contribution < 1.29 is 9.90 Å². The first-order valence-corrected chi connectivity index (χ1v) is 6.29. The average Bonchev–Trinajstić information content (AvgIpc) is 2.96. The first-order valence-electron chi connectivity index (χ1n) is 6.29. The van der Waals surface area contributed by atoms with Crippen molar-refractivity contribution in [1.82, 2.24) is 9.97 Å². The van der Waals surface area contributed by atoms with Gasteiger partial charge in [0.1, 0.15) is 5.82 Å². The van der Waals surface area contributed by atoms with E-state index in [4.69, 9.17) is 0 Å². The maximum absolute atomic E-state index is 11.4. The van der Waals surface area contributed by atoms with Gasteiger partial charge in [-0.05, 0) is 18.3 Å². The highest BCUT2D eigenvalue weighted by atomic mass is 16.4. The lowest BCUT2D eigenvalue weighted by atomic mass is 9.77. The molecule has 1 N–H and O–H groups in total. The molecule has 1 heterocycles. The maximum atomic E-state index is 11.4. The Morgan fingerprint density at radius 2 is 1.83 bits per heavy atom. The van der Waals surface area contributed by atoms with E-state index in [1.54, 1.807) is 12.4 Å². The van der Waals surface area contributed by atoms with Crippen molar-refractivity contribution in [2.45, 2.75) is 51.9 Å². The number of hydrogen-bond donors (Lipinski definition) is 1. The van der Waals surface area contributed by atoms with Gasteiger partial charge >= 0.3 is 5.97 Å². The highest BCUT2D eigenvalue weighted by molar-refractivity contribution is 5.76. The highest BCUT2D eigenvalue weighted by Crippen LogP contribution is 2.46. The molecule has 2 rings (SSSR count). The largest absolute Gasteiger partial charge is 0.481 e. The minimum absolute atomic E-state index is 0.124. The van der Waals surface area contributed by atoms with E-state index in [0.717, 1.165) is 18.7 Å². The van der Waals surface area contributed by atoms with Crippen LogP contribution in [0.3, 0.4) is 0 Å². The van der Waals surface area contributed by atoms with Crippen molar-refractivity contribution in [2.75, 3.05) is 0 Å². The van der Waals surface area contributed by atoms with Crippen molar-refractivity contribution in [2.24, 2.45) is 5.41 Å². The summed E-state index contributed by atoms with van der Waals surface area (Å²) in [5.74, 6) is -0.556. The first-order chi connectivity index (χ1) is 8.24. The van der Waals surface area contributed by atoms with Crippen LogP contribution in [-0.4, -0.2) is 21.0 Å². The topological polar surface area (TPSA) is 63.1 Å². The predicted octanol–water partition coefficient (Wildman–Crippen LogP) is 2.74. The summed E-state index contributed by atoms with van der Waals surface area (Å²) in [5.41, 5.74) is 0.460. The van der Waals surface area contributed by atoms with Crippen LogP contribution in [0, 0.1) is 5.41 Å². The zero-order valence-corrected chi connectivity index (χ0v) is 11.4. The molecule has 0 radical (unpaired) electrons. The van der Waals surface area contributed by atoms with Crippen LogP contribution in [0.15, 0.2) is 12.4 Å². The molecule has 0 saturated heterocycles. The van der Waals surface area contributed by atoms with Crippen LogP contribution >= 0.6 is 0 Å². The Kier molecular flexibility index (Phi) is 2.92. The van der Waals surface area contributed by atoms with Crippen molar-refractivity contribution in [1.29, 1.82) is 0 Å². The van der Waals surface area contributed by atoms with Gasteiger partial charge in [0.2, 0.25) is 0 Å². The van der Waals surface area contributed by atoms with Gasteiger partial charge in [0.25, 0.3) is 0 Å². The van der Waals surface area contributed by atoms with Crippen LogP contribution in [0.4, 0.5) is 0 Å². The molecule has 1 aliphatic rings. The smallest absolute Gasteiger partial charge is 0.311 e. The van der Waals surface area contributed by atoms with Crippen LogP contribution in [0.2, 0.25) is 0 Å². The average molecular weight is 248 g/mol. The SMILES string of the molecule is CC1(c2ncc([C@@H](C(=O)O)C(C)(C)C)cn2)CC1. The van der Waals surface area contributed by atoms with Gasteiger partial charge in [0.05, 0.1) is 5.92 Å². The molecule has 1 fully saturated rings. The van der Waals surface area contributed by atoms with E-state index < -0.39 is 11.9 Å². The summed E-state index contributed by atoms with van der Waals surface area (Å²) in [6.07, 6.45) is 5.59.